The number of nitrogens with zero attached hydrogens (tertiary/aromatic N) is 1. The zero-order valence-electron chi connectivity index (χ0n) is 8.44. The van der Waals surface area contributed by atoms with E-state index in [9.17, 15) is 0 Å². The second kappa shape index (κ2) is 5.73. The largest absolute Gasteiger partial charge is 0.392 e. The molecule has 1 aromatic carbocycles. The Kier molecular flexibility index (Phi) is 4.56. The Morgan fingerprint density at radius 2 is 2.00 bits per heavy atom. The van der Waals surface area contributed by atoms with Gasteiger partial charge in [-0.15, -0.1) is 0 Å². The van der Waals surface area contributed by atoms with Crippen LogP contribution in [0.3, 0.4) is 0 Å². The predicted octanol–water partition coefficient (Wildman–Crippen LogP) is 1.79. The third-order valence-electron chi connectivity index (χ3n) is 2.08. The Labute approximate surface area is 90.7 Å². The lowest BCUT2D eigenvalue weighted by molar-refractivity contribution is 0.321. The Balaban J connectivity index is 2.53. The predicted molar refractivity (Wildman–Crippen MR) is 64.2 cm³/mol. The fourth-order valence-electron chi connectivity index (χ4n) is 1.34. The van der Waals surface area contributed by atoms with Crippen molar-refractivity contribution in [3.63, 3.8) is 0 Å². The van der Waals surface area contributed by atoms with Gasteiger partial charge in [-0.3, -0.25) is 4.90 Å². The molecule has 3 heteroatoms. The molecule has 76 valence electrons. The third-order valence-corrected chi connectivity index (χ3v) is 2.20. The first-order chi connectivity index (χ1) is 6.72. The Morgan fingerprint density at radius 1 is 1.36 bits per heavy atom. The van der Waals surface area contributed by atoms with E-state index >= 15 is 0 Å². The SMILES string of the molecule is CCN(CC(N)=S)Cc1ccccc1. The number of nitrogens with two attached hydrogens (primary N) is 1. The topological polar surface area (TPSA) is 29.3 Å². The van der Waals surface area contributed by atoms with E-state index in [0.717, 1.165) is 13.1 Å². The third kappa shape index (κ3) is 3.85. The summed E-state index contributed by atoms with van der Waals surface area (Å²) in [5, 5.41) is 0. The van der Waals surface area contributed by atoms with E-state index in [-0.39, 0.29) is 0 Å². The zero-order valence-corrected chi connectivity index (χ0v) is 9.26. The van der Waals surface area contributed by atoms with Gasteiger partial charge in [0.1, 0.15) is 0 Å². The van der Waals surface area contributed by atoms with Crippen molar-refractivity contribution in [3.8, 4) is 0 Å². The van der Waals surface area contributed by atoms with E-state index < -0.39 is 0 Å². The number of benzene rings is 1. The average Bonchev–Trinajstić information content (AvgIpc) is 2.17. The maximum Gasteiger partial charge on any atom is 0.0870 e. The van der Waals surface area contributed by atoms with Crippen molar-refractivity contribution in [1.82, 2.24) is 4.90 Å². The van der Waals surface area contributed by atoms with Gasteiger partial charge in [0.15, 0.2) is 0 Å². The lowest BCUT2D eigenvalue weighted by Gasteiger charge is -2.19. The van der Waals surface area contributed by atoms with Gasteiger partial charge in [-0.2, -0.15) is 0 Å². The van der Waals surface area contributed by atoms with Crippen LogP contribution >= 0.6 is 12.2 Å². The van der Waals surface area contributed by atoms with Crippen LogP contribution in [0.15, 0.2) is 30.3 Å². The molecule has 0 aromatic heterocycles. The average molecular weight is 208 g/mol. The molecule has 14 heavy (non-hydrogen) atoms. The molecule has 0 unspecified atom stereocenters. The molecular formula is C11H16N2S. The summed E-state index contributed by atoms with van der Waals surface area (Å²) in [5.41, 5.74) is 6.81. The first-order valence-electron chi connectivity index (χ1n) is 4.77. The number of rotatable bonds is 5. The number of hydrogen-bond donors (Lipinski definition) is 1. The smallest absolute Gasteiger partial charge is 0.0870 e. The van der Waals surface area contributed by atoms with Crippen molar-refractivity contribution >= 4 is 17.2 Å². The van der Waals surface area contributed by atoms with E-state index in [1.165, 1.54) is 5.56 Å². The van der Waals surface area contributed by atoms with Crippen LogP contribution in [-0.2, 0) is 6.54 Å². The highest BCUT2D eigenvalue weighted by Gasteiger charge is 2.03. The Hall–Kier alpha value is -0.930. The maximum absolute atomic E-state index is 5.51. The molecule has 0 heterocycles. The summed E-state index contributed by atoms with van der Waals surface area (Å²) in [6.45, 7) is 4.68. The number of likely N-dealkylation sites (N-methyl/N-ethyl adjacent to an activating group) is 1. The van der Waals surface area contributed by atoms with Crippen LogP contribution in [0, 0.1) is 0 Å². The van der Waals surface area contributed by atoms with Gasteiger partial charge in [0.05, 0.1) is 4.99 Å². The van der Waals surface area contributed by atoms with Gasteiger partial charge >= 0.3 is 0 Å². The van der Waals surface area contributed by atoms with Crippen molar-refractivity contribution < 1.29 is 0 Å². The highest BCUT2D eigenvalue weighted by molar-refractivity contribution is 7.80. The highest BCUT2D eigenvalue weighted by atomic mass is 32.1. The molecule has 0 bridgehead atoms. The normalized spacial score (nSPS) is 10.4. The molecule has 1 rings (SSSR count). The van der Waals surface area contributed by atoms with Gasteiger partial charge in [-0.25, -0.2) is 0 Å². The first-order valence-corrected chi connectivity index (χ1v) is 5.17. The minimum atomic E-state index is 0.558. The zero-order chi connectivity index (χ0) is 10.4. The van der Waals surface area contributed by atoms with Crippen molar-refractivity contribution in [2.24, 2.45) is 5.73 Å². The van der Waals surface area contributed by atoms with Gasteiger partial charge in [-0.05, 0) is 12.1 Å². The minimum absolute atomic E-state index is 0.558. The summed E-state index contributed by atoms with van der Waals surface area (Å²) in [5.74, 6) is 0. The van der Waals surface area contributed by atoms with Crippen molar-refractivity contribution in [2.45, 2.75) is 13.5 Å². The fourth-order valence-corrected chi connectivity index (χ4v) is 1.52. The van der Waals surface area contributed by atoms with Gasteiger partial charge in [-0.1, -0.05) is 49.5 Å². The maximum atomic E-state index is 5.51. The molecule has 0 radical (unpaired) electrons. The van der Waals surface area contributed by atoms with E-state index in [2.05, 4.69) is 24.0 Å². The van der Waals surface area contributed by atoms with E-state index in [1.807, 2.05) is 18.2 Å². The quantitative estimate of drug-likeness (QED) is 0.748. The molecule has 0 aliphatic heterocycles. The molecule has 0 fully saturated rings. The molecule has 0 spiro atoms. The molecule has 0 aliphatic carbocycles. The van der Waals surface area contributed by atoms with Crippen LogP contribution in [0.25, 0.3) is 0 Å². The second-order valence-electron chi connectivity index (χ2n) is 3.26. The fraction of sp³-hybridized carbons (Fsp3) is 0.364. The Morgan fingerprint density at radius 3 is 2.50 bits per heavy atom. The van der Waals surface area contributed by atoms with Crippen LogP contribution in [0.2, 0.25) is 0 Å². The summed E-state index contributed by atoms with van der Waals surface area (Å²) in [7, 11) is 0. The summed E-state index contributed by atoms with van der Waals surface area (Å²) in [4.78, 5) is 2.78. The van der Waals surface area contributed by atoms with Crippen LogP contribution in [0.1, 0.15) is 12.5 Å². The molecule has 1 aromatic rings. The van der Waals surface area contributed by atoms with E-state index in [0.29, 0.717) is 11.5 Å². The summed E-state index contributed by atoms with van der Waals surface area (Å²) in [6.07, 6.45) is 0. The number of hydrogen-bond acceptors (Lipinski definition) is 2. The molecule has 0 saturated carbocycles. The summed E-state index contributed by atoms with van der Waals surface area (Å²) < 4.78 is 0. The second-order valence-corrected chi connectivity index (χ2v) is 3.78. The molecule has 2 N–H and O–H groups in total. The molecule has 0 aliphatic rings. The highest BCUT2D eigenvalue weighted by Crippen LogP contribution is 2.03. The van der Waals surface area contributed by atoms with Crippen LogP contribution < -0.4 is 5.73 Å². The molecule has 0 amide bonds. The van der Waals surface area contributed by atoms with Gasteiger partial charge in [0.25, 0.3) is 0 Å². The molecule has 0 atom stereocenters. The summed E-state index contributed by atoms with van der Waals surface area (Å²) >= 11 is 4.89. The molecule has 2 nitrogen and oxygen atoms in total. The monoisotopic (exact) mass is 208 g/mol. The van der Waals surface area contributed by atoms with Crippen LogP contribution in [0.4, 0.5) is 0 Å². The van der Waals surface area contributed by atoms with Crippen molar-refractivity contribution in [3.05, 3.63) is 35.9 Å². The van der Waals surface area contributed by atoms with Crippen molar-refractivity contribution in [2.75, 3.05) is 13.1 Å². The van der Waals surface area contributed by atoms with Gasteiger partial charge in [0, 0.05) is 13.1 Å². The number of thiocarbonyl (C=S) groups is 1. The van der Waals surface area contributed by atoms with E-state index in [1.54, 1.807) is 0 Å². The molecular weight excluding hydrogens is 192 g/mol. The molecule has 0 saturated heterocycles. The first kappa shape index (κ1) is 11.1. The van der Waals surface area contributed by atoms with Gasteiger partial charge in [0.2, 0.25) is 0 Å². The lowest BCUT2D eigenvalue weighted by atomic mass is 10.2. The lowest BCUT2D eigenvalue weighted by Crippen LogP contribution is -2.32. The minimum Gasteiger partial charge on any atom is -0.392 e. The van der Waals surface area contributed by atoms with Crippen molar-refractivity contribution in [1.29, 1.82) is 0 Å². The summed E-state index contributed by atoms with van der Waals surface area (Å²) in [6, 6.07) is 10.3. The standard InChI is InChI=1S/C11H16N2S/c1-2-13(9-11(12)14)8-10-6-4-3-5-7-10/h3-7H,2,8-9H2,1H3,(H2,12,14). The van der Waals surface area contributed by atoms with Crippen LogP contribution in [-0.4, -0.2) is 23.0 Å². The van der Waals surface area contributed by atoms with Gasteiger partial charge < -0.3 is 5.73 Å². The Bertz CT molecular complexity index is 285. The van der Waals surface area contributed by atoms with Crippen LogP contribution in [0.5, 0.6) is 0 Å². The van der Waals surface area contributed by atoms with E-state index in [4.69, 9.17) is 18.0 Å².